The van der Waals surface area contributed by atoms with Crippen molar-refractivity contribution in [2.75, 3.05) is 52.7 Å². The summed E-state index contributed by atoms with van der Waals surface area (Å²) in [4.78, 5) is 6.19. The van der Waals surface area contributed by atoms with Crippen molar-refractivity contribution in [3.05, 3.63) is 34.3 Å². The molecule has 1 aromatic rings. The van der Waals surface area contributed by atoms with Gasteiger partial charge in [0.1, 0.15) is 0 Å². The second-order valence-electron chi connectivity index (χ2n) is 5.75. The molecule has 1 saturated heterocycles. The van der Waals surface area contributed by atoms with Gasteiger partial charge in [-0.2, -0.15) is 4.31 Å². The molecule has 0 atom stereocenters. The zero-order chi connectivity index (χ0) is 18.3. The number of ether oxygens (including phenoxy) is 1. The largest absolute Gasteiger partial charge is 0.379 e. The molecule has 148 valence electrons. The summed E-state index contributed by atoms with van der Waals surface area (Å²) in [6.45, 7) is 2.76. The van der Waals surface area contributed by atoms with Gasteiger partial charge >= 0.3 is 0 Å². The Labute approximate surface area is 181 Å². The maximum atomic E-state index is 12.3. The monoisotopic (exact) mass is 560 g/mol. The number of halogens is 2. The van der Waals surface area contributed by atoms with E-state index in [1.165, 1.54) is 4.31 Å². The third-order valence-corrected chi connectivity index (χ3v) is 6.59. The van der Waals surface area contributed by atoms with Crippen LogP contribution in [0.15, 0.2) is 33.7 Å². The highest BCUT2D eigenvalue weighted by atomic mass is 127. The summed E-state index contributed by atoms with van der Waals surface area (Å²) in [7, 11) is 0.343. The topological polar surface area (TPSA) is 74.2 Å². The summed E-state index contributed by atoms with van der Waals surface area (Å²) in [5.41, 5.74) is 1.13. The van der Waals surface area contributed by atoms with E-state index in [1.54, 1.807) is 7.05 Å². The van der Waals surface area contributed by atoms with Crippen molar-refractivity contribution in [2.45, 2.75) is 6.54 Å². The Hall–Kier alpha value is -0.430. The van der Waals surface area contributed by atoms with Gasteiger partial charge in [0, 0.05) is 44.7 Å². The molecule has 2 rings (SSSR count). The van der Waals surface area contributed by atoms with Crippen LogP contribution < -0.4 is 5.32 Å². The minimum atomic E-state index is -3.27. The van der Waals surface area contributed by atoms with Crippen molar-refractivity contribution < 1.29 is 13.2 Å². The third kappa shape index (κ3) is 6.95. The van der Waals surface area contributed by atoms with Crippen LogP contribution in [0.1, 0.15) is 5.56 Å². The molecular weight excluding hydrogens is 535 g/mol. The quantitative estimate of drug-likeness (QED) is 0.326. The number of hydrogen-bond donors (Lipinski definition) is 1. The lowest BCUT2D eigenvalue weighted by molar-refractivity contribution is 0.0730. The second-order valence-corrected chi connectivity index (χ2v) is 8.69. The first-order valence-corrected chi connectivity index (χ1v) is 10.5. The summed E-state index contributed by atoms with van der Waals surface area (Å²) in [6, 6.07) is 7.99. The Kier molecular flexibility index (Phi) is 10.4. The van der Waals surface area contributed by atoms with E-state index in [0.717, 1.165) is 10.0 Å². The van der Waals surface area contributed by atoms with Gasteiger partial charge in [0.15, 0.2) is 5.96 Å². The third-order valence-electron chi connectivity index (χ3n) is 3.95. The highest BCUT2D eigenvalue weighted by Gasteiger charge is 2.24. The first-order valence-electron chi connectivity index (χ1n) is 8.15. The molecule has 26 heavy (non-hydrogen) atoms. The Morgan fingerprint density at radius 2 is 2.00 bits per heavy atom. The normalized spacial score (nSPS) is 16.0. The van der Waals surface area contributed by atoms with Crippen LogP contribution in [0.3, 0.4) is 0 Å². The van der Waals surface area contributed by atoms with Gasteiger partial charge in [0.25, 0.3) is 0 Å². The second kappa shape index (κ2) is 11.4. The predicted octanol–water partition coefficient (Wildman–Crippen LogP) is 1.74. The molecule has 1 fully saturated rings. The van der Waals surface area contributed by atoms with Gasteiger partial charge in [0.05, 0.1) is 19.0 Å². The van der Waals surface area contributed by atoms with E-state index >= 15 is 0 Å². The predicted molar refractivity (Wildman–Crippen MR) is 119 cm³/mol. The highest BCUT2D eigenvalue weighted by Crippen LogP contribution is 2.17. The molecule has 10 heteroatoms. The molecule has 7 nitrogen and oxygen atoms in total. The number of nitrogens with one attached hydrogen (secondary N) is 1. The number of guanidine groups is 1. The Balaban J connectivity index is 0.00000338. The lowest BCUT2D eigenvalue weighted by atomic mass is 10.2. The van der Waals surface area contributed by atoms with Gasteiger partial charge in [-0.05, 0) is 11.6 Å². The van der Waals surface area contributed by atoms with E-state index in [9.17, 15) is 8.42 Å². The zero-order valence-corrected chi connectivity index (χ0v) is 19.8. The van der Waals surface area contributed by atoms with Gasteiger partial charge in [-0.15, -0.1) is 24.0 Å². The summed E-state index contributed by atoms with van der Waals surface area (Å²) in [5, 5.41) is 3.13. The number of aliphatic imine (C=N–C) groups is 1. The van der Waals surface area contributed by atoms with Crippen LogP contribution in [0, 0.1) is 0 Å². The fraction of sp³-hybridized carbons (Fsp3) is 0.562. The van der Waals surface area contributed by atoms with Crippen molar-refractivity contribution in [1.82, 2.24) is 14.5 Å². The van der Waals surface area contributed by atoms with Gasteiger partial charge in [-0.1, -0.05) is 34.1 Å². The van der Waals surface area contributed by atoms with Gasteiger partial charge in [-0.3, -0.25) is 4.99 Å². The number of hydrogen-bond acceptors (Lipinski definition) is 4. The summed E-state index contributed by atoms with van der Waals surface area (Å²) in [6.07, 6.45) is 0. The number of benzene rings is 1. The SMILES string of the molecule is CN=C(NCCS(=O)(=O)N1CCOCC1)N(C)Cc1ccccc1Br.I. The fourth-order valence-corrected chi connectivity index (χ4v) is 4.32. The lowest BCUT2D eigenvalue weighted by Gasteiger charge is -2.27. The standard InChI is InChI=1S/C16H25BrN4O3S.HI/c1-18-16(20(2)13-14-5-3-4-6-15(14)17)19-7-12-25(22,23)21-8-10-24-11-9-21;/h3-6H,7-13H2,1-2H3,(H,18,19);1H. The maximum absolute atomic E-state index is 12.3. The van der Waals surface area contributed by atoms with Crippen LogP contribution >= 0.6 is 39.9 Å². The van der Waals surface area contributed by atoms with Crippen LogP contribution in [-0.2, 0) is 21.3 Å². The fourth-order valence-electron chi connectivity index (χ4n) is 2.59. The Morgan fingerprint density at radius 1 is 1.35 bits per heavy atom. The van der Waals surface area contributed by atoms with E-state index < -0.39 is 10.0 Å². The highest BCUT2D eigenvalue weighted by molar-refractivity contribution is 14.0. The molecule has 0 radical (unpaired) electrons. The van der Waals surface area contributed by atoms with E-state index in [-0.39, 0.29) is 29.7 Å². The molecule has 1 aliphatic heterocycles. The maximum Gasteiger partial charge on any atom is 0.215 e. The van der Waals surface area contributed by atoms with Gasteiger partial charge < -0.3 is 15.0 Å². The number of rotatable bonds is 6. The molecule has 0 aliphatic carbocycles. The molecule has 0 spiro atoms. The summed E-state index contributed by atoms with van der Waals surface area (Å²) >= 11 is 3.54. The van der Waals surface area contributed by atoms with Crippen LogP contribution in [0.25, 0.3) is 0 Å². The molecule has 0 amide bonds. The molecular formula is C16H26BrIN4O3S. The van der Waals surface area contributed by atoms with Crippen LogP contribution in [0.5, 0.6) is 0 Å². The van der Waals surface area contributed by atoms with Crippen molar-refractivity contribution in [1.29, 1.82) is 0 Å². The smallest absolute Gasteiger partial charge is 0.215 e. The van der Waals surface area contributed by atoms with Gasteiger partial charge in [-0.25, -0.2) is 8.42 Å². The minimum Gasteiger partial charge on any atom is -0.379 e. The van der Waals surface area contributed by atoms with Crippen LogP contribution in [0.2, 0.25) is 0 Å². The average molecular weight is 561 g/mol. The Morgan fingerprint density at radius 3 is 2.62 bits per heavy atom. The molecule has 1 N–H and O–H groups in total. The van der Waals surface area contributed by atoms with Crippen molar-refractivity contribution in [2.24, 2.45) is 4.99 Å². The minimum absolute atomic E-state index is 0. The summed E-state index contributed by atoms with van der Waals surface area (Å²) < 4.78 is 32.4. The summed E-state index contributed by atoms with van der Waals surface area (Å²) in [5.74, 6) is 0.697. The number of morpholine rings is 1. The number of nitrogens with zero attached hydrogens (tertiary/aromatic N) is 3. The first kappa shape index (κ1) is 23.6. The van der Waals surface area contributed by atoms with Crippen LogP contribution in [0.4, 0.5) is 0 Å². The molecule has 0 saturated carbocycles. The van der Waals surface area contributed by atoms with Crippen molar-refractivity contribution in [3.8, 4) is 0 Å². The van der Waals surface area contributed by atoms with E-state index in [1.807, 2.05) is 36.2 Å². The van der Waals surface area contributed by atoms with E-state index in [0.29, 0.717) is 45.4 Å². The Bertz CT molecular complexity index is 696. The molecule has 0 bridgehead atoms. The molecule has 0 aromatic heterocycles. The van der Waals surface area contributed by atoms with Crippen LogP contribution in [-0.4, -0.2) is 76.3 Å². The van der Waals surface area contributed by atoms with Gasteiger partial charge in [0.2, 0.25) is 10.0 Å². The van der Waals surface area contributed by atoms with E-state index in [2.05, 4.69) is 26.2 Å². The molecule has 0 unspecified atom stereocenters. The molecule has 1 heterocycles. The van der Waals surface area contributed by atoms with E-state index in [4.69, 9.17) is 4.74 Å². The molecule has 1 aliphatic rings. The molecule has 1 aromatic carbocycles. The van der Waals surface area contributed by atoms with Crippen molar-refractivity contribution >= 4 is 55.9 Å². The zero-order valence-electron chi connectivity index (χ0n) is 15.0. The lowest BCUT2D eigenvalue weighted by Crippen LogP contribution is -2.45. The van der Waals surface area contributed by atoms with Crippen molar-refractivity contribution in [3.63, 3.8) is 0 Å². The first-order chi connectivity index (χ1) is 11.9. The average Bonchev–Trinajstić information content (AvgIpc) is 2.61. The number of sulfonamides is 1.